The van der Waals surface area contributed by atoms with E-state index < -0.39 is 5.37 Å². The quantitative estimate of drug-likeness (QED) is 0.482. The van der Waals surface area contributed by atoms with Gasteiger partial charge in [0.25, 0.3) is 0 Å². The molecule has 0 saturated carbocycles. The molecule has 0 aromatic carbocycles. The van der Waals surface area contributed by atoms with Gasteiger partial charge >= 0.3 is 11.4 Å². The lowest BCUT2D eigenvalue weighted by molar-refractivity contribution is 0.202. The first-order valence-electron chi connectivity index (χ1n) is 3.95. The Bertz CT molecular complexity index is 271. The fourth-order valence-electron chi connectivity index (χ4n) is 1.15. The van der Waals surface area contributed by atoms with Crippen LogP contribution in [0.1, 0.15) is 13.8 Å². The number of halogens is 1. The maximum atomic E-state index is 11.4. The van der Waals surface area contributed by atoms with Crippen LogP contribution in [0, 0.1) is 0 Å². The fraction of sp³-hybridized carbons (Fsp3) is 0.500. The van der Waals surface area contributed by atoms with E-state index in [0.29, 0.717) is 13.1 Å². The number of urea groups is 1. The second-order valence-corrected chi connectivity index (χ2v) is 3.41. The van der Waals surface area contributed by atoms with E-state index in [-0.39, 0.29) is 6.03 Å². The predicted octanol–water partition coefficient (Wildman–Crippen LogP) is 2.01. The highest BCUT2D eigenvalue weighted by molar-refractivity contribution is 6.64. The molecule has 1 fully saturated rings. The highest BCUT2D eigenvalue weighted by Crippen LogP contribution is 2.12. The summed E-state index contributed by atoms with van der Waals surface area (Å²) in [5.74, 6) is 0. The Morgan fingerprint density at radius 1 is 1.46 bits per heavy atom. The lowest BCUT2D eigenvalue weighted by Gasteiger charge is -2.11. The van der Waals surface area contributed by atoms with Crippen LogP contribution in [0.4, 0.5) is 9.59 Å². The number of imide groups is 1. The van der Waals surface area contributed by atoms with Crippen molar-refractivity contribution in [2.24, 2.45) is 0 Å². The molecule has 1 heterocycles. The summed E-state index contributed by atoms with van der Waals surface area (Å²) in [6.07, 6.45) is 1.71. The van der Waals surface area contributed by atoms with Crippen molar-refractivity contribution in [1.29, 1.82) is 0 Å². The van der Waals surface area contributed by atoms with Gasteiger partial charge in [0, 0.05) is 19.3 Å². The van der Waals surface area contributed by atoms with E-state index in [1.54, 1.807) is 6.20 Å². The Labute approximate surface area is 81.7 Å². The van der Waals surface area contributed by atoms with Gasteiger partial charge < -0.3 is 0 Å². The van der Waals surface area contributed by atoms with Gasteiger partial charge in [0.15, 0.2) is 0 Å². The summed E-state index contributed by atoms with van der Waals surface area (Å²) in [6.45, 7) is 4.66. The average molecular weight is 203 g/mol. The standard InChI is InChI=1S/C8H11ClN2O2/c1-6(2)5-10-3-4-11(7(9)12)8(10)13/h5H,3-4H2,1-2H3. The molecule has 1 aliphatic heterocycles. The first-order valence-corrected chi connectivity index (χ1v) is 4.33. The Morgan fingerprint density at radius 3 is 2.46 bits per heavy atom. The Balaban J connectivity index is 2.71. The molecule has 0 spiro atoms. The first kappa shape index (κ1) is 10.1. The monoisotopic (exact) mass is 202 g/mol. The normalized spacial score (nSPS) is 16.4. The average Bonchev–Trinajstić information content (AvgIpc) is 2.32. The van der Waals surface area contributed by atoms with Gasteiger partial charge in [-0.05, 0) is 25.4 Å². The molecule has 13 heavy (non-hydrogen) atoms. The predicted molar refractivity (Wildman–Crippen MR) is 49.5 cm³/mol. The SMILES string of the molecule is CC(C)=CN1CCN(C(=O)Cl)C1=O. The molecule has 0 radical (unpaired) electrons. The number of hydrogen-bond donors (Lipinski definition) is 0. The number of rotatable bonds is 1. The number of hydrogen-bond acceptors (Lipinski definition) is 2. The van der Waals surface area contributed by atoms with E-state index in [1.807, 2.05) is 13.8 Å². The van der Waals surface area contributed by atoms with E-state index in [0.717, 1.165) is 10.5 Å². The van der Waals surface area contributed by atoms with Gasteiger partial charge in [-0.1, -0.05) is 5.57 Å². The maximum Gasteiger partial charge on any atom is 0.331 e. The van der Waals surface area contributed by atoms with Gasteiger partial charge in [0.2, 0.25) is 0 Å². The van der Waals surface area contributed by atoms with Crippen LogP contribution in [0.3, 0.4) is 0 Å². The smallest absolute Gasteiger partial charge is 0.299 e. The molecular weight excluding hydrogens is 192 g/mol. The summed E-state index contributed by atoms with van der Waals surface area (Å²) >= 11 is 5.20. The van der Waals surface area contributed by atoms with Crippen LogP contribution in [0.2, 0.25) is 0 Å². The minimum atomic E-state index is -0.713. The third-order valence-corrected chi connectivity index (χ3v) is 1.87. The molecule has 1 aliphatic rings. The summed E-state index contributed by atoms with van der Waals surface area (Å²) in [6, 6.07) is -0.346. The van der Waals surface area contributed by atoms with E-state index >= 15 is 0 Å². The molecule has 0 unspecified atom stereocenters. The highest BCUT2D eigenvalue weighted by atomic mass is 35.5. The van der Waals surface area contributed by atoms with Gasteiger partial charge in [-0.2, -0.15) is 0 Å². The van der Waals surface area contributed by atoms with Crippen molar-refractivity contribution >= 4 is 23.0 Å². The van der Waals surface area contributed by atoms with Crippen molar-refractivity contribution < 1.29 is 9.59 Å². The molecule has 1 saturated heterocycles. The van der Waals surface area contributed by atoms with Crippen molar-refractivity contribution in [3.63, 3.8) is 0 Å². The zero-order chi connectivity index (χ0) is 10.0. The Hall–Kier alpha value is -1.03. The highest BCUT2D eigenvalue weighted by Gasteiger charge is 2.30. The van der Waals surface area contributed by atoms with Gasteiger partial charge in [0.1, 0.15) is 0 Å². The summed E-state index contributed by atoms with van der Waals surface area (Å²) in [5.41, 5.74) is 1.01. The minimum absolute atomic E-state index is 0.346. The number of carbonyl (C=O) groups excluding carboxylic acids is 2. The molecule has 0 aliphatic carbocycles. The molecule has 0 aromatic rings. The molecule has 4 nitrogen and oxygen atoms in total. The van der Waals surface area contributed by atoms with Gasteiger partial charge in [-0.15, -0.1) is 0 Å². The summed E-state index contributed by atoms with van der Waals surface area (Å²) in [4.78, 5) is 24.6. The van der Waals surface area contributed by atoms with E-state index in [9.17, 15) is 9.59 Å². The van der Waals surface area contributed by atoms with Gasteiger partial charge in [0.05, 0.1) is 0 Å². The molecular formula is C8H11ClN2O2. The third kappa shape index (κ3) is 2.21. The Morgan fingerprint density at radius 2 is 2.08 bits per heavy atom. The van der Waals surface area contributed by atoms with Crippen LogP contribution in [0.25, 0.3) is 0 Å². The van der Waals surface area contributed by atoms with Crippen molar-refractivity contribution in [2.45, 2.75) is 13.8 Å². The number of allylic oxidation sites excluding steroid dienone is 1. The van der Waals surface area contributed by atoms with Crippen molar-refractivity contribution in [1.82, 2.24) is 9.80 Å². The third-order valence-electron chi connectivity index (χ3n) is 1.67. The van der Waals surface area contributed by atoms with E-state index in [2.05, 4.69) is 0 Å². The minimum Gasteiger partial charge on any atom is -0.299 e. The number of amides is 3. The number of carbonyl (C=O) groups is 2. The van der Waals surface area contributed by atoms with Crippen LogP contribution in [0.15, 0.2) is 11.8 Å². The van der Waals surface area contributed by atoms with Crippen LogP contribution in [-0.2, 0) is 0 Å². The Kier molecular flexibility index (Phi) is 2.93. The molecule has 0 N–H and O–H groups in total. The second-order valence-electron chi connectivity index (χ2n) is 3.09. The molecule has 1 rings (SSSR count). The van der Waals surface area contributed by atoms with Crippen molar-refractivity contribution in [2.75, 3.05) is 13.1 Å². The summed E-state index contributed by atoms with van der Waals surface area (Å²) < 4.78 is 0. The maximum absolute atomic E-state index is 11.4. The van der Waals surface area contributed by atoms with Crippen molar-refractivity contribution in [3.8, 4) is 0 Å². The topological polar surface area (TPSA) is 40.6 Å². The molecule has 72 valence electrons. The second kappa shape index (κ2) is 3.79. The molecule has 3 amide bonds. The van der Waals surface area contributed by atoms with Crippen LogP contribution in [0.5, 0.6) is 0 Å². The number of nitrogens with zero attached hydrogens (tertiary/aromatic N) is 2. The zero-order valence-corrected chi connectivity index (χ0v) is 8.34. The van der Waals surface area contributed by atoms with E-state index in [1.165, 1.54) is 4.90 Å². The molecule has 0 bridgehead atoms. The van der Waals surface area contributed by atoms with Gasteiger partial charge in [-0.3, -0.25) is 9.69 Å². The summed E-state index contributed by atoms with van der Waals surface area (Å²) in [5, 5.41) is -0.713. The fourth-order valence-corrected chi connectivity index (χ4v) is 1.31. The molecule has 0 aromatic heterocycles. The molecule has 0 atom stereocenters. The largest absolute Gasteiger partial charge is 0.331 e. The lowest BCUT2D eigenvalue weighted by Crippen LogP contribution is -2.30. The van der Waals surface area contributed by atoms with Gasteiger partial charge in [-0.25, -0.2) is 9.69 Å². The van der Waals surface area contributed by atoms with Crippen LogP contribution < -0.4 is 0 Å². The molecule has 5 heteroatoms. The van der Waals surface area contributed by atoms with Crippen LogP contribution in [-0.4, -0.2) is 34.3 Å². The summed E-state index contributed by atoms with van der Waals surface area (Å²) in [7, 11) is 0. The van der Waals surface area contributed by atoms with Crippen molar-refractivity contribution in [3.05, 3.63) is 11.8 Å². The van der Waals surface area contributed by atoms with E-state index in [4.69, 9.17) is 11.6 Å². The lowest BCUT2D eigenvalue weighted by atomic mass is 10.4. The van der Waals surface area contributed by atoms with Crippen LogP contribution >= 0.6 is 11.6 Å². The first-order chi connectivity index (χ1) is 6.02. The zero-order valence-electron chi connectivity index (χ0n) is 7.58.